The van der Waals surface area contributed by atoms with Crippen LogP contribution in [0, 0.1) is 0 Å². The molecule has 1 aromatic heterocycles. The van der Waals surface area contributed by atoms with Gasteiger partial charge < -0.3 is 10.1 Å². The molecule has 0 aliphatic heterocycles. The van der Waals surface area contributed by atoms with Crippen molar-refractivity contribution in [2.75, 3.05) is 0 Å². The number of rotatable bonds is 6. The minimum atomic E-state index is -0.884. The van der Waals surface area contributed by atoms with E-state index >= 15 is 0 Å². The molecule has 0 bridgehead atoms. The smallest absolute Gasteiger partial charge is 0.408 e. The van der Waals surface area contributed by atoms with Crippen molar-refractivity contribution in [2.45, 2.75) is 12.6 Å². The fraction of sp³-hybridized carbons (Fsp3) is 0.100. The van der Waals surface area contributed by atoms with Gasteiger partial charge in [-0.2, -0.15) is 0 Å². The van der Waals surface area contributed by atoms with Gasteiger partial charge in [-0.05, 0) is 11.1 Å². The predicted octanol–water partition coefficient (Wildman–Crippen LogP) is 3.33. The fourth-order valence-corrected chi connectivity index (χ4v) is 2.42. The second kappa shape index (κ2) is 8.53. The van der Waals surface area contributed by atoms with Crippen molar-refractivity contribution >= 4 is 11.9 Å². The summed E-state index contributed by atoms with van der Waals surface area (Å²) < 4.78 is 5.23. The lowest BCUT2D eigenvalue weighted by Crippen LogP contribution is -2.34. The summed E-state index contributed by atoms with van der Waals surface area (Å²) in [5.74, 6) is -0.312. The van der Waals surface area contributed by atoms with Gasteiger partial charge in [0.2, 0.25) is 0 Å². The molecule has 6 nitrogen and oxygen atoms in total. The third kappa shape index (κ3) is 4.51. The molecule has 0 aliphatic rings. The maximum absolute atomic E-state index is 12.8. The van der Waals surface area contributed by atoms with Crippen LogP contribution in [0.5, 0.6) is 0 Å². The average Bonchev–Trinajstić information content (AvgIpc) is 2.72. The Balaban J connectivity index is 1.73. The standard InChI is InChI=1S/C20H17N3O3/c24-19(17-11-21-14-22-12-17)18(16-9-5-2-6-10-16)23-20(25)26-13-15-7-3-1-4-8-15/h1-12,14,18H,13H2,(H,23,25). The van der Waals surface area contributed by atoms with Crippen molar-refractivity contribution in [3.8, 4) is 0 Å². The van der Waals surface area contributed by atoms with E-state index in [1.54, 1.807) is 24.3 Å². The molecule has 0 aliphatic carbocycles. The van der Waals surface area contributed by atoms with E-state index in [9.17, 15) is 9.59 Å². The van der Waals surface area contributed by atoms with Crippen molar-refractivity contribution in [1.82, 2.24) is 15.3 Å². The van der Waals surface area contributed by atoms with Crippen molar-refractivity contribution in [2.24, 2.45) is 0 Å². The first-order valence-electron chi connectivity index (χ1n) is 8.05. The lowest BCUT2D eigenvalue weighted by Gasteiger charge is -2.18. The molecule has 3 aromatic rings. The molecule has 0 radical (unpaired) electrons. The van der Waals surface area contributed by atoms with E-state index in [1.165, 1.54) is 18.7 Å². The molecule has 26 heavy (non-hydrogen) atoms. The van der Waals surface area contributed by atoms with Crippen molar-refractivity contribution in [1.29, 1.82) is 0 Å². The predicted molar refractivity (Wildman–Crippen MR) is 95.3 cm³/mol. The van der Waals surface area contributed by atoms with Gasteiger partial charge in [-0.1, -0.05) is 60.7 Å². The summed E-state index contributed by atoms with van der Waals surface area (Å²) in [4.78, 5) is 32.7. The summed E-state index contributed by atoms with van der Waals surface area (Å²) in [6.07, 6.45) is 3.51. The summed E-state index contributed by atoms with van der Waals surface area (Å²) >= 11 is 0. The van der Waals surface area contributed by atoms with Gasteiger partial charge in [0.05, 0.1) is 5.56 Å². The van der Waals surface area contributed by atoms with E-state index in [2.05, 4.69) is 15.3 Å². The summed E-state index contributed by atoms with van der Waals surface area (Å²) in [5, 5.41) is 2.64. The number of hydrogen-bond acceptors (Lipinski definition) is 5. The zero-order valence-corrected chi connectivity index (χ0v) is 13.9. The van der Waals surface area contributed by atoms with Crippen molar-refractivity contribution < 1.29 is 14.3 Å². The Morgan fingerprint density at radius 1 is 0.923 bits per heavy atom. The summed E-state index contributed by atoms with van der Waals surface area (Å²) in [5.41, 5.74) is 1.82. The van der Waals surface area contributed by atoms with E-state index < -0.39 is 12.1 Å². The van der Waals surface area contributed by atoms with Crippen LogP contribution >= 0.6 is 0 Å². The van der Waals surface area contributed by atoms with E-state index in [0.29, 0.717) is 11.1 Å². The number of ether oxygens (including phenoxy) is 1. The number of Topliss-reactive ketones (excluding diaryl/α,β-unsaturated/α-hetero) is 1. The first-order chi connectivity index (χ1) is 12.7. The third-order valence-electron chi connectivity index (χ3n) is 3.72. The van der Waals surface area contributed by atoms with Crippen molar-refractivity contribution in [3.05, 3.63) is 96.1 Å². The van der Waals surface area contributed by atoms with E-state index in [-0.39, 0.29) is 12.4 Å². The first-order valence-corrected chi connectivity index (χ1v) is 8.05. The fourth-order valence-electron chi connectivity index (χ4n) is 2.42. The first kappa shape index (κ1) is 17.3. The molecule has 2 aromatic carbocycles. The third-order valence-corrected chi connectivity index (χ3v) is 3.72. The number of carbonyl (C=O) groups is 2. The molecule has 1 unspecified atom stereocenters. The summed E-state index contributed by atoms with van der Waals surface area (Å²) in [6.45, 7) is 0.122. The molecule has 0 saturated heterocycles. The molecular weight excluding hydrogens is 330 g/mol. The van der Waals surface area contributed by atoms with Crippen LogP contribution in [0.4, 0.5) is 4.79 Å². The number of aromatic nitrogens is 2. The molecule has 1 heterocycles. The van der Waals surface area contributed by atoms with Gasteiger partial charge >= 0.3 is 6.09 Å². The van der Waals surface area contributed by atoms with Gasteiger partial charge in [0.15, 0.2) is 5.78 Å². The molecule has 0 saturated carbocycles. The maximum atomic E-state index is 12.8. The molecule has 1 amide bonds. The highest BCUT2D eigenvalue weighted by Gasteiger charge is 2.25. The maximum Gasteiger partial charge on any atom is 0.408 e. The zero-order chi connectivity index (χ0) is 18.2. The zero-order valence-electron chi connectivity index (χ0n) is 13.9. The van der Waals surface area contributed by atoms with Crippen LogP contribution in [0.3, 0.4) is 0 Å². The molecule has 0 spiro atoms. The van der Waals surface area contributed by atoms with Crippen LogP contribution in [-0.4, -0.2) is 21.8 Å². The van der Waals surface area contributed by atoms with Gasteiger partial charge in [-0.15, -0.1) is 0 Å². The number of benzene rings is 2. The molecule has 3 rings (SSSR count). The second-order valence-electron chi connectivity index (χ2n) is 5.54. The Morgan fingerprint density at radius 3 is 2.19 bits per heavy atom. The Kier molecular flexibility index (Phi) is 5.67. The Labute approximate surface area is 150 Å². The lowest BCUT2D eigenvalue weighted by atomic mass is 9.99. The molecule has 130 valence electrons. The van der Waals surface area contributed by atoms with Crippen LogP contribution in [0.15, 0.2) is 79.4 Å². The second-order valence-corrected chi connectivity index (χ2v) is 5.54. The van der Waals surface area contributed by atoms with Crippen LogP contribution in [0.2, 0.25) is 0 Å². The molecular formula is C20H17N3O3. The normalized spacial score (nSPS) is 11.4. The van der Waals surface area contributed by atoms with Crippen molar-refractivity contribution in [3.63, 3.8) is 0 Å². The molecule has 1 N–H and O–H groups in total. The number of nitrogens with one attached hydrogen (secondary N) is 1. The SMILES string of the molecule is O=C(NC(C(=O)c1cncnc1)c1ccccc1)OCc1ccccc1. The Hall–Kier alpha value is -3.54. The minimum absolute atomic E-state index is 0.122. The highest BCUT2D eigenvalue weighted by Crippen LogP contribution is 2.18. The highest BCUT2D eigenvalue weighted by molar-refractivity contribution is 6.01. The van der Waals surface area contributed by atoms with Gasteiger partial charge in [0.1, 0.15) is 19.0 Å². The number of carbonyl (C=O) groups excluding carboxylic acids is 2. The molecule has 6 heteroatoms. The minimum Gasteiger partial charge on any atom is -0.445 e. The lowest BCUT2D eigenvalue weighted by molar-refractivity contribution is 0.0916. The Bertz CT molecular complexity index is 855. The number of nitrogens with zero attached hydrogens (tertiary/aromatic N) is 2. The number of ketones is 1. The van der Waals surface area contributed by atoms with E-state index in [4.69, 9.17) is 4.74 Å². The van der Waals surface area contributed by atoms with Crippen LogP contribution in [-0.2, 0) is 11.3 Å². The van der Waals surface area contributed by atoms with Gasteiger partial charge in [0.25, 0.3) is 0 Å². The highest BCUT2D eigenvalue weighted by atomic mass is 16.5. The Morgan fingerprint density at radius 2 is 1.54 bits per heavy atom. The quantitative estimate of drug-likeness (QED) is 0.692. The summed E-state index contributed by atoms with van der Waals surface area (Å²) in [6, 6.07) is 17.4. The van der Waals surface area contributed by atoms with Gasteiger partial charge in [-0.25, -0.2) is 14.8 Å². The number of amides is 1. The monoisotopic (exact) mass is 347 g/mol. The summed E-state index contributed by atoms with van der Waals surface area (Å²) in [7, 11) is 0. The van der Waals surface area contributed by atoms with Gasteiger partial charge in [0, 0.05) is 12.4 Å². The largest absolute Gasteiger partial charge is 0.445 e. The molecule has 0 fully saturated rings. The van der Waals surface area contributed by atoms with Gasteiger partial charge in [-0.3, -0.25) is 4.79 Å². The van der Waals surface area contributed by atoms with Crippen LogP contribution in [0.1, 0.15) is 27.5 Å². The topological polar surface area (TPSA) is 81.2 Å². The van der Waals surface area contributed by atoms with Crippen LogP contribution < -0.4 is 5.32 Å². The molecule has 1 atom stereocenters. The van der Waals surface area contributed by atoms with E-state index in [0.717, 1.165) is 5.56 Å². The van der Waals surface area contributed by atoms with Crippen LogP contribution in [0.25, 0.3) is 0 Å². The number of hydrogen-bond donors (Lipinski definition) is 1. The van der Waals surface area contributed by atoms with E-state index in [1.807, 2.05) is 36.4 Å². The number of alkyl carbamates (subject to hydrolysis) is 1. The average molecular weight is 347 g/mol.